The maximum absolute atomic E-state index is 10.0. The van der Waals surface area contributed by atoms with E-state index in [-0.39, 0.29) is 6.10 Å². The summed E-state index contributed by atoms with van der Waals surface area (Å²) in [5, 5.41) is 10.0. The molecule has 1 aliphatic rings. The molecule has 0 saturated heterocycles. The van der Waals surface area contributed by atoms with Crippen LogP contribution in [-0.4, -0.2) is 28.3 Å². The number of hydrogen-bond acceptors (Lipinski definition) is 4. The molecule has 1 saturated carbocycles. The number of aliphatic hydroxyl groups excluding tert-OH is 1. The van der Waals surface area contributed by atoms with Crippen molar-refractivity contribution in [1.29, 1.82) is 0 Å². The summed E-state index contributed by atoms with van der Waals surface area (Å²) in [6.45, 7) is 0. The highest BCUT2D eigenvalue weighted by molar-refractivity contribution is 5.13. The molecule has 0 radical (unpaired) electrons. The summed E-state index contributed by atoms with van der Waals surface area (Å²) >= 11 is 0. The van der Waals surface area contributed by atoms with E-state index in [1.165, 1.54) is 32.0 Å². The molecule has 100 valence electrons. The minimum Gasteiger partial charge on any atom is -0.481 e. The standard InChI is InChI=1S/C14H22N2O2/c1-18-14-9-12(15-10-16-14)8-13(17)7-6-11-4-2-3-5-11/h9-11,13,17H,2-8H2,1H3. The van der Waals surface area contributed by atoms with Gasteiger partial charge in [-0.05, 0) is 18.8 Å². The quantitative estimate of drug-likeness (QED) is 0.842. The van der Waals surface area contributed by atoms with Crippen LogP contribution in [0.2, 0.25) is 0 Å². The summed E-state index contributed by atoms with van der Waals surface area (Å²) in [5.41, 5.74) is 0.848. The highest BCUT2D eigenvalue weighted by Crippen LogP contribution is 2.29. The van der Waals surface area contributed by atoms with Gasteiger partial charge in [0.2, 0.25) is 5.88 Å². The molecule has 1 aliphatic carbocycles. The van der Waals surface area contributed by atoms with E-state index < -0.39 is 0 Å². The number of aromatic nitrogens is 2. The van der Waals surface area contributed by atoms with E-state index in [2.05, 4.69) is 9.97 Å². The fraction of sp³-hybridized carbons (Fsp3) is 0.714. The summed E-state index contributed by atoms with van der Waals surface area (Å²) in [4.78, 5) is 8.12. The second-order valence-electron chi connectivity index (χ2n) is 5.14. The predicted molar refractivity (Wildman–Crippen MR) is 69.5 cm³/mol. The number of rotatable bonds is 6. The highest BCUT2D eigenvalue weighted by Gasteiger charge is 2.17. The zero-order valence-corrected chi connectivity index (χ0v) is 11.0. The number of nitrogens with zero attached hydrogens (tertiary/aromatic N) is 2. The molecule has 1 atom stereocenters. The van der Waals surface area contributed by atoms with E-state index in [1.807, 2.05) is 0 Å². The molecule has 4 heteroatoms. The lowest BCUT2D eigenvalue weighted by Crippen LogP contribution is -2.13. The van der Waals surface area contributed by atoms with Crippen molar-refractivity contribution in [2.45, 2.75) is 51.0 Å². The highest BCUT2D eigenvalue weighted by atomic mass is 16.5. The Bertz CT molecular complexity index is 365. The van der Waals surface area contributed by atoms with E-state index in [4.69, 9.17) is 4.74 Å². The smallest absolute Gasteiger partial charge is 0.216 e. The Morgan fingerprint density at radius 3 is 2.89 bits per heavy atom. The van der Waals surface area contributed by atoms with Gasteiger partial charge in [-0.25, -0.2) is 9.97 Å². The van der Waals surface area contributed by atoms with Crippen LogP contribution >= 0.6 is 0 Å². The number of aliphatic hydroxyl groups is 1. The predicted octanol–water partition coefficient (Wildman–Crippen LogP) is 2.36. The summed E-state index contributed by atoms with van der Waals surface area (Å²) in [6, 6.07) is 1.79. The zero-order valence-electron chi connectivity index (χ0n) is 11.0. The first-order valence-corrected chi connectivity index (χ1v) is 6.81. The third-order valence-electron chi connectivity index (χ3n) is 3.74. The van der Waals surface area contributed by atoms with Crippen LogP contribution in [0.3, 0.4) is 0 Å². The second-order valence-corrected chi connectivity index (χ2v) is 5.14. The van der Waals surface area contributed by atoms with Crippen LogP contribution in [0.1, 0.15) is 44.2 Å². The number of ether oxygens (including phenoxy) is 1. The van der Waals surface area contributed by atoms with Gasteiger partial charge in [0.1, 0.15) is 6.33 Å². The van der Waals surface area contributed by atoms with Gasteiger partial charge in [-0.15, -0.1) is 0 Å². The molecule has 1 N–H and O–H groups in total. The molecular formula is C14H22N2O2. The number of methoxy groups -OCH3 is 1. The van der Waals surface area contributed by atoms with E-state index in [1.54, 1.807) is 13.2 Å². The third-order valence-corrected chi connectivity index (χ3v) is 3.74. The Morgan fingerprint density at radius 2 is 2.17 bits per heavy atom. The molecule has 2 rings (SSSR count). The monoisotopic (exact) mass is 250 g/mol. The van der Waals surface area contributed by atoms with E-state index >= 15 is 0 Å². The molecule has 0 spiro atoms. The molecule has 0 amide bonds. The van der Waals surface area contributed by atoms with Crippen molar-refractivity contribution >= 4 is 0 Å². The van der Waals surface area contributed by atoms with Crippen molar-refractivity contribution in [3.05, 3.63) is 18.1 Å². The first kappa shape index (κ1) is 13.3. The fourth-order valence-corrected chi connectivity index (χ4v) is 2.67. The average Bonchev–Trinajstić information content (AvgIpc) is 2.90. The van der Waals surface area contributed by atoms with Gasteiger partial charge in [0.25, 0.3) is 0 Å². The largest absolute Gasteiger partial charge is 0.481 e. The van der Waals surface area contributed by atoms with Gasteiger partial charge < -0.3 is 9.84 Å². The Labute approximate surface area is 108 Å². The third kappa shape index (κ3) is 3.95. The zero-order chi connectivity index (χ0) is 12.8. The molecule has 18 heavy (non-hydrogen) atoms. The van der Waals surface area contributed by atoms with Gasteiger partial charge in [-0.1, -0.05) is 25.7 Å². The van der Waals surface area contributed by atoms with Crippen LogP contribution in [0.4, 0.5) is 0 Å². The van der Waals surface area contributed by atoms with Crippen LogP contribution in [0, 0.1) is 5.92 Å². The maximum atomic E-state index is 10.0. The topological polar surface area (TPSA) is 55.2 Å². The second kappa shape index (κ2) is 6.69. The molecule has 0 aliphatic heterocycles. The van der Waals surface area contributed by atoms with Gasteiger partial charge in [-0.3, -0.25) is 0 Å². The first-order valence-electron chi connectivity index (χ1n) is 6.81. The van der Waals surface area contributed by atoms with E-state index in [0.29, 0.717) is 12.3 Å². The Balaban J connectivity index is 1.76. The normalized spacial score (nSPS) is 17.9. The Hall–Kier alpha value is -1.16. The molecule has 0 aromatic carbocycles. The van der Waals surface area contributed by atoms with Crippen LogP contribution in [0.15, 0.2) is 12.4 Å². The minimum atomic E-state index is -0.301. The van der Waals surface area contributed by atoms with E-state index in [0.717, 1.165) is 24.5 Å². The molecule has 1 heterocycles. The van der Waals surface area contributed by atoms with Gasteiger partial charge in [0.05, 0.1) is 18.9 Å². The van der Waals surface area contributed by atoms with Gasteiger partial charge in [-0.2, -0.15) is 0 Å². The fourth-order valence-electron chi connectivity index (χ4n) is 2.67. The van der Waals surface area contributed by atoms with Crippen molar-refractivity contribution < 1.29 is 9.84 Å². The van der Waals surface area contributed by atoms with Crippen molar-refractivity contribution in [3.8, 4) is 5.88 Å². The maximum Gasteiger partial charge on any atom is 0.216 e. The minimum absolute atomic E-state index is 0.301. The number of hydrogen-bond donors (Lipinski definition) is 1. The lowest BCUT2D eigenvalue weighted by molar-refractivity contribution is 0.153. The van der Waals surface area contributed by atoms with Crippen LogP contribution in [0.25, 0.3) is 0 Å². The van der Waals surface area contributed by atoms with Crippen molar-refractivity contribution in [2.24, 2.45) is 5.92 Å². The van der Waals surface area contributed by atoms with Crippen LogP contribution < -0.4 is 4.74 Å². The van der Waals surface area contributed by atoms with Crippen LogP contribution in [0.5, 0.6) is 5.88 Å². The van der Waals surface area contributed by atoms with Crippen LogP contribution in [-0.2, 0) is 6.42 Å². The molecule has 1 unspecified atom stereocenters. The first-order chi connectivity index (χ1) is 8.78. The Morgan fingerprint density at radius 1 is 1.39 bits per heavy atom. The van der Waals surface area contributed by atoms with Crippen molar-refractivity contribution in [1.82, 2.24) is 9.97 Å². The van der Waals surface area contributed by atoms with Gasteiger partial charge in [0, 0.05) is 12.5 Å². The summed E-state index contributed by atoms with van der Waals surface area (Å²) < 4.78 is 5.04. The van der Waals surface area contributed by atoms with E-state index in [9.17, 15) is 5.11 Å². The Kier molecular flexibility index (Phi) is 4.93. The summed E-state index contributed by atoms with van der Waals surface area (Å²) in [5.74, 6) is 1.39. The molecule has 0 bridgehead atoms. The molecule has 1 aromatic heterocycles. The summed E-state index contributed by atoms with van der Waals surface area (Å²) in [7, 11) is 1.59. The van der Waals surface area contributed by atoms with Crippen molar-refractivity contribution in [3.63, 3.8) is 0 Å². The lowest BCUT2D eigenvalue weighted by atomic mass is 9.98. The molecular weight excluding hydrogens is 228 g/mol. The SMILES string of the molecule is COc1cc(CC(O)CCC2CCCC2)ncn1. The lowest BCUT2D eigenvalue weighted by Gasteiger charge is -2.13. The van der Waals surface area contributed by atoms with Gasteiger partial charge >= 0.3 is 0 Å². The summed E-state index contributed by atoms with van der Waals surface area (Å²) in [6.07, 6.45) is 9.20. The molecule has 1 fully saturated rings. The van der Waals surface area contributed by atoms with Gasteiger partial charge in [0.15, 0.2) is 0 Å². The van der Waals surface area contributed by atoms with Crippen molar-refractivity contribution in [2.75, 3.05) is 7.11 Å². The molecule has 4 nitrogen and oxygen atoms in total. The average molecular weight is 250 g/mol. The molecule has 1 aromatic rings.